The fourth-order valence-electron chi connectivity index (χ4n) is 2.04. The Labute approximate surface area is 101 Å². The van der Waals surface area contributed by atoms with Crippen molar-refractivity contribution >= 4 is 17.4 Å². The van der Waals surface area contributed by atoms with Gasteiger partial charge in [0, 0.05) is 17.0 Å². The molecule has 0 saturated carbocycles. The van der Waals surface area contributed by atoms with Crippen molar-refractivity contribution in [2.75, 3.05) is 0 Å². The topological polar surface area (TPSA) is 17.1 Å². The van der Waals surface area contributed by atoms with Crippen LogP contribution in [-0.4, -0.2) is 5.78 Å². The number of Topliss-reactive ketones (excluding diaryl/α,β-unsaturated/α-hetero) is 1. The van der Waals surface area contributed by atoms with Gasteiger partial charge in [-0.2, -0.15) is 0 Å². The van der Waals surface area contributed by atoms with Gasteiger partial charge in [0.2, 0.25) is 0 Å². The third-order valence-corrected chi connectivity index (χ3v) is 3.15. The van der Waals surface area contributed by atoms with Gasteiger partial charge >= 0.3 is 0 Å². The molecule has 0 unspecified atom stereocenters. The van der Waals surface area contributed by atoms with Crippen molar-refractivity contribution in [3.8, 4) is 0 Å². The highest BCUT2D eigenvalue weighted by molar-refractivity contribution is 6.31. The molecule has 2 rings (SSSR count). The molecule has 1 aliphatic carbocycles. The third-order valence-electron chi connectivity index (χ3n) is 2.92. The maximum absolute atomic E-state index is 12.0. The van der Waals surface area contributed by atoms with Gasteiger partial charge in [-0.3, -0.25) is 4.79 Å². The normalized spacial score (nSPS) is 15.7. The Morgan fingerprint density at radius 1 is 1.31 bits per heavy atom. The average Bonchev–Trinajstić information content (AvgIpc) is 2.30. The minimum atomic E-state index is 0.177. The van der Waals surface area contributed by atoms with Crippen LogP contribution in [0.3, 0.4) is 0 Å². The van der Waals surface area contributed by atoms with E-state index in [4.69, 9.17) is 11.6 Å². The van der Waals surface area contributed by atoms with Gasteiger partial charge in [0.05, 0.1) is 0 Å². The first-order valence-corrected chi connectivity index (χ1v) is 6.10. The summed E-state index contributed by atoms with van der Waals surface area (Å²) < 4.78 is 0. The summed E-state index contributed by atoms with van der Waals surface area (Å²) in [6.45, 7) is 0. The van der Waals surface area contributed by atoms with E-state index in [1.165, 1.54) is 18.4 Å². The molecule has 16 heavy (non-hydrogen) atoms. The molecule has 1 aromatic rings. The molecule has 1 aromatic carbocycles. The maximum Gasteiger partial charge on any atom is 0.166 e. The van der Waals surface area contributed by atoms with Crippen LogP contribution in [0.25, 0.3) is 0 Å². The number of benzene rings is 1. The van der Waals surface area contributed by atoms with E-state index in [0.29, 0.717) is 11.4 Å². The SMILES string of the molecule is O=C(CC1=CCCCC1)c1cccc(Cl)c1. The molecule has 0 aliphatic heterocycles. The highest BCUT2D eigenvalue weighted by Crippen LogP contribution is 2.22. The van der Waals surface area contributed by atoms with Crippen LogP contribution in [0.4, 0.5) is 0 Å². The Kier molecular flexibility index (Phi) is 3.79. The third kappa shape index (κ3) is 2.96. The lowest BCUT2D eigenvalue weighted by molar-refractivity contribution is 0.0991. The molecule has 84 valence electrons. The highest BCUT2D eigenvalue weighted by Gasteiger charge is 2.11. The molecule has 1 aliphatic rings. The van der Waals surface area contributed by atoms with Gasteiger partial charge in [-0.15, -0.1) is 0 Å². The van der Waals surface area contributed by atoms with Crippen LogP contribution >= 0.6 is 11.6 Å². The zero-order chi connectivity index (χ0) is 11.4. The lowest BCUT2D eigenvalue weighted by atomic mass is 9.94. The second-order valence-corrected chi connectivity index (χ2v) is 4.65. The van der Waals surface area contributed by atoms with E-state index in [2.05, 4.69) is 6.08 Å². The summed E-state index contributed by atoms with van der Waals surface area (Å²) in [6, 6.07) is 7.19. The largest absolute Gasteiger partial charge is 0.294 e. The van der Waals surface area contributed by atoms with Gasteiger partial charge in [-0.05, 0) is 37.8 Å². The van der Waals surface area contributed by atoms with E-state index < -0.39 is 0 Å². The van der Waals surface area contributed by atoms with E-state index in [1.54, 1.807) is 12.1 Å². The lowest BCUT2D eigenvalue weighted by Crippen LogP contribution is -2.03. The number of hydrogen-bond donors (Lipinski definition) is 0. The summed E-state index contributed by atoms with van der Waals surface area (Å²) >= 11 is 5.86. The van der Waals surface area contributed by atoms with Crippen molar-refractivity contribution in [2.45, 2.75) is 32.1 Å². The number of carbonyl (C=O) groups is 1. The molecule has 0 amide bonds. The summed E-state index contributed by atoms with van der Waals surface area (Å²) in [6.07, 6.45) is 7.44. The Bertz CT molecular complexity index is 420. The fourth-order valence-corrected chi connectivity index (χ4v) is 2.23. The van der Waals surface area contributed by atoms with Crippen LogP contribution in [0.15, 0.2) is 35.9 Å². The molecular formula is C14H15ClO. The molecule has 2 heteroatoms. The first-order chi connectivity index (χ1) is 7.75. The summed E-state index contributed by atoms with van der Waals surface area (Å²) in [5, 5.41) is 0.628. The number of carbonyl (C=O) groups excluding carboxylic acids is 1. The summed E-state index contributed by atoms with van der Waals surface area (Å²) in [5.74, 6) is 0.177. The Morgan fingerprint density at radius 3 is 2.88 bits per heavy atom. The minimum absolute atomic E-state index is 0.177. The molecule has 0 atom stereocenters. The van der Waals surface area contributed by atoms with Gasteiger partial charge in [-0.1, -0.05) is 35.4 Å². The lowest BCUT2D eigenvalue weighted by Gasteiger charge is -2.11. The van der Waals surface area contributed by atoms with Crippen molar-refractivity contribution < 1.29 is 4.79 Å². The number of halogens is 1. The van der Waals surface area contributed by atoms with E-state index in [9.17, 15) is 4.79 Å². The molecule has 1 nitrogen and oxygen atoms in total. The average molecular weight is 235 g/mol. The Hall–Kier alpha value is -1.08. The smallest absolute Gasteiger partial charge is 0.166 e. The van der Waals surface area contributed by atoms with Crippen LogP contribution in [0, 0.1) is 0 Å². The van der Waals surface area contributed by atoms with Crippen LogP contribution < -0.4 is 0 Å². The number of hydrogen-bond acceptors (Lipinski definition) is 1. The zero-order valence-corrected chi connectivity index (χ0v) is 9.96. The van der Waals surface area contributed by atoms with Gasteiger partial charge in [0.15, 0.2) is 5.78 Å². The van der Waals surface area contributed by atoms with Crippen molar-refractivity contribution in [1.82, 2.24) is 0 Å². The van der Waals surface area contributed by atoms with Crippen molar-refractivity contribution in [2.24, 2.45) is 0 Å². The first kappa shape index (κ1) is 11.4. The first-order valence-electron chi connectivity index (χ1n) is 5.72. The minimum Gasteiger partial charge on any atom is -0.294 e. The van der Waals surface area contributed by atoms with Crippen LogP contribution in [0.5, 0.6) is 0 Å². The summed E-state index contributed by atoms with van der Waals surface area (Å²) in [5.41, 5.74) is 2.01. The van der Waals surface area contributed by atoms with E-state index in [0.717, 1.165) is 18.4 Å². The number of ketones is 1. The predicted octanol–water partition coefficient (Wildman–Crippen LogP) is 4.41. The Balaban J connectivity index is 2.05. The molecule has 0 aromatic heterocycles. The fraction of sp³-hybridized carbons (Fsp3) is 0.357. The van der Waals surface area contributed by atoms with Crippen molar-refractivity contribution in [3.63, 3.8) is 0 Å². The second kappa shape index (κ2) is 5.31. The highest BCUT2D eigenvalue weighted by atomic mass is 35.5. The molecule has 0 fully saturated rings. The van der Waals surface area contributed by atoms with E-state index in [-0.39, 0.29) is 5.78 Å². The maximum atomic E-state index is 12.0. The number of rotatable bonds is 3. The second-order valence-electron chi connectivity index (χ2n) is 4.22. The van der Waals surface area contributed by atoms with E-state index in [1.807, 2.05) is 12.1 Å². The monoisotopic (exact) mass is 234 g/mol. The molecule has 0 bridgehead atoms. The van der Waals surface area contributed by atoms with Crippen molar-refractivity contribution in [3.05, 3.63) is 46.5 Å². The van der Waals surface area contributed by atoms with Crippen LogP contribution in [0.1, 0.15) is 42.5 Å². The van der Waals surface area contributed by atoms with Gasteiger partial charge in [0.1, 0.15) is 0 Å². The standard InChI is InChI=1S/C14H15ClO/c15-13-8-4-7-12(10-13)14(16)9-11-5-2-1-3-6-11/h4-5,7-8,10H,1-3,6,9H2. The van der Waals surface area contributed by atoms with Crippen LogP contribution in [-0.2, 0) is 0 Å². The summed E-state index contributed by atoms with van der Waals surface area (Å²) in [7, 11) is 0. The number of allylic oxidation sites excluding steroid dienone is 2. The van der Waals surface area contributed by atoms with E-state index >= 15 is 0 Å². The molecule has 0 N–H and O–H groups in total. The summed E-state index contributed by atoms with van der Waals surface area (Å²) in [4.78, 5) is 12.0. The van der Waals surface area contributed by atoms with Gasteiger partial charge in [0.25, 0.3) is 0 Å². The molecule has 0 spiro atoms. The molecular weight excluding hydrogens is 220 g/mol. The quantitative estimate of drug-likeness (QED) is 0.559. The van der Waals surface area contributed by atoms with Crippen molar-refractivity contribution in [1.29, 1.82) is 0 Å². The molecule has 0 saturated heterocycles. The molecule has 0 radical (unpaired) electrons. The van der Waals surface area contributed by atoms with Gasteiger partial charge < -0.3 is 0 Å². The predicted molar refractivity (Wildman–Crippen MR) is 67.0 cm³/mol. The van der Waals surface area contributed by atoms with Gasteiger partial charge in [-0.25, -0.2) is 0 Å². The molecule has 0 heterocycles. The Morgan fingerprint density at radius 2 is 2.19 bits per heavy atom. The van der Waals surface area contributed by atoms with Crippen LogP contribution in [0.2, 0.25) is 5.02 Å². The zero-order valence-electron chi connectivity index (χ0n) is 9.21.